The average Bonchev–Trinajstić information content (AvgIpc) is 2.69. The second-order valence-electron chi connectivity index (χ2n) is 9.30. The molecule has 0 aliphatic carbocycles. The zero-order chi connectivity index (χ0) is 23.0. The number of cyclic esters (lactones) is 1. The first-order valence-electron chi connectivity index (χ1n) is 11.3. The SMILES string of the molecule is CC(C)=CCC[C@@](C)(O)[C@@H]1CC/C(C)=C\CC/C(C)=C/Cc2cc(ccc2O)C(=O)O1. The zero-order valence-electron chi connectivity index (χ0n) is 19.7. The van der Waals surface area contributed by atoms with E-state index in [0.717, 1.165) is 25.7 Å². The summed E-state index contributed by atoms with van der Waals surface area (Å²) in [5, 5.41) is 21.4. The molecule has 31 heavy (non-hydrogen) atoms. The third-order valence-corrected chi connectivity index (χ3v) is 5.96. The van der Waals surface area contributed by atoms with Crippen LogP contribution in [0.1, 0.15) is 89.1 Å². The molecule has 170 valence electrons. The molecular formula is C27H38O4. The number of fused-ring (bicyclic) bond motifs is 2. The van der Waals surface area contributed by atoms with Gasteiger partial charge in [0.15, 0.2) is 0 Å². The van der Waals surface area contributed by atoms with Crippen molar-refractivity contribution in [3.63, 3.8) is 0 Å². The molecule has 1 aromatic rings. The van der Waals surface area contributed by atoms with Gasteiger partial charge >= 0.3 is 5.97 Å². The average molecular weight is 427 g/mol. The van der Waals surface area contributed by atoms with E-state index in [4.69, 9.17) is 4.74 Å². The molecule has 2 atom stereocenters. The lowest BCUT2D eigenvalue weighted by molar-refractivity contribution is -0.0814. The van der Waals surface area contributed by atoms with Crippen LogP contribution in [0.25, 0.3) is 0 Å². The maximum absolute atomic E-state index is 13.0. The van der Waals surface area contributed by atoms with E-state index in [1.807, 2.05) is 13.8 Å². The molecule has 0 spiro atoms. The number of esters is 1. The van der Waals surface area contributed by atoms with Crippen molar-refractivity contribution >= 4 is 5.97 Å². The van der Waals surface area contributed by atoms with Crippen molar-refractivity contribution < 1.29 is 19.7 Å². The van der Waals surface area contributed by atoms with Crippen LogP contribution in [0.4, 0.5) is 0 Å². The zero-order valence-corrected chi connectivity index (χ0v) is 19.7. The third-order valence-electron chi connectivity index (χ3n) is 5.96. The molecule has 0 unspecified atom stereocenters. The first kappa shape index (κ1) is 24.9. The topological polar surface area (TPSA) is 66.8 Å². The number of ether oxygens (including phenoxy) is 1. The predicted octanol–water partition coefficient (Wildman–Crippen LogP) is 6.42. The Bertz CT molecular complexity index is 854. The van der Waals surface area contributed by atoms with E-state index < -0.39 is 17.7 Å². The molecule has 2 rings (SSSR count). The summed E-state index contributed by atoms with van der Waals surface area (Å²) in [4.78, 5) is 13.0. The second kappa shape index (κ2) is 11.3. The number of aliphatic hydroxyl groups is 1. The van der Waals surface area contributed by atoms with E-state index in [-0.39, 0.29) is 5.75 Å². The Balaban J connectivity index is 2.33. The number of hydrogen-bond acceptors (Lipinski definition) is 4. The van der Waals surface area contributed by atoms with Crippen molar-refractivity contribution in [3.05, 3.63) is 64.3 Å². The Hall–Kier alpha value is -2.33. The van der Waals surface area contributed by atoms with Crippen molar-refractivity contribution in [1.82, 2.24) is 0 Å². The Labute approximate surface area is 187 Å². The van der Waals surface area contributed by atoms with Gasteiger partial charge in [0.05, 0.1) is 11.2 Å². The highest BCUT2D eigenvalue weighted by Gasteiger charge is 2.34. The molecule has 0 radical (unpaired) electrons. The molecule has 0 saturated carbocycles. The van der Waals surface area contributed by atoms with E-state index >= 15 is 0 Å². The minimum absolute atomic E-state index is 0.172. The van der Waals surface area contributed by atoms with Gasteiger partial charge in [0.2, 0.25) is 0 Å². The van der Waals surface area contributed by atoms with Crippen LogP contribution in [0.15, 0.2) is 53.1 Å². The number of hydrogen-bond donors (Lipinski definition) is 2. The van der Waals surface area contributed by atoms with Crippen LogP contribution in [0.2, 0.25) is 0 Å². The Kier molecular flexibility index (Phi) is 9.12. The van der Waals surface area contributed by atoms with E-state index in [9.17, 15) is 15.0 Å². The van der Waals surface area contributed by atoms with Gasteiger partial charge in [-0.05, 0) is 103 Å². The molecule has 1 aliphatic heterocycles. The first-order chi connectivity index (χ1) is 14.6. The Morgan fingerprint density at radius 1 is 1.19 bits per heavy atom. The van der Waals surface area contributed by atoms with Gasteiger partial charge in [-0.25, -0.2) is 4.79 Å². The number of allylic oxidation sites excluding steroid dienone is 6. The minimum Gasteiger partial charge on any atom is -0.508 e. The molecule has 1 aliphatic rings. The number of rotatable bonds is 4. The summed E-state index contributed by atoms with van der Waals surface area (Å²) in [6.45, 7) is 10.0. The normalized spacial score (nSPS) is 23.7. The maximum Gasteiger partial charge on any atom is 0.338 e. The lowest BCUT2D eigenvalue weighted by Crippen LogP contribution is -2.42. The van der Waals surface area contributed by atoms with Gasteiger partial charge < -0.3 is 14.9 Å². The van der Waals surface area contributed by atoms with E-state index in [1.54, 1.807) is 25.1 Å². The van der Waals surface area contributed by atoms with Gasteiger partial charge in [-0.3, -0.25) is 0 Å². The number of phenolic OH excluding ortho intramolecular Hbond substituents is 1. The third kappa shape index (κ3) is 8.02. The monoisotopic (exact) mass is 426 g/mol. The van der Waals surface area contributed by atoms with Crippen LogP contribution in [-0.2, 0) is 11.2 Å². The fourth-order valence-electron chi connectivity index (χ4n) is 3.78. The number of phenols is 1. The van der Waals surface area contributed by atoms with Crippen molar-refractivity contribution in [3.8, 4) is 5.75 Å². The highest BCUT2D eigenvalue weighted by molar-refractivity contribution is 5.90. The number of carbonyl (C=O) groups is 1. The molecule has 4 nitrogen and oxygen atoms in total. The predicted molar refractivity (Wildman–Crippen MR) is 126 cm³/mol. The first-order valence-corrected chi connectivity index (χ1v) is 11.3. The van der Waals surface area contributed by atoms with Gasteiger partial charge in [0.1, 0.15) is 11.9 Å². The molecule has 0 saturated heterocycles. The molecular weight excluding hydrogens is 388 g/mol. The van der Waals surface area contributed by atoms with Crippen molar-refractivity contribution in [2.24, 2.45) is 0 Å². The summed E-state index contributed by atoms with van der Waals surface area (Å²) >= 11 is 0. The Morgan fingerprint density at radius 3 is 2.61 bits per heavy atom. The summed E-state index contributed by atoms with van der Waals surface area (Å²) in [5.74, 6) is -0.295. The molecule has 0 aromatic heterocycles. The van der Waals surface area contributed by atoms with Crippen LogP contribution in [-0.4, -0.2) is 27.9 Å². The molecule has 1 aromatic carbocycles. The quantitative estimate of drug-likeness (QED) is 0.430. The summed E-state index contributed by atoms with van der Waals surface area (Å²) in [6.07, 6.45) is 10.8. The number of benzene rings is 1. The van der Waals surface area contributed by atoms with Crippen molar-refractivity contribution in [2.45, 2.75) is 91.3 Å². The summed E-state index contributed by atoms with van der Waals surface area (Å²) in [7, 11) is 0. The van der Waals surface area contributed by atoms with Crippen LogP contribution >= 0.6 is 0 Å². The van der Waals surface area contributed by atoms with Crippen LogP contribution in [0, 0.1) is 0 Å². The van der Waals surface area contributed by atoms with Crippen molar-refractivity contribution in [1.29, 1.82) is 0 Å². The lowest BCUT2D eigenvalue weighted by Gasteiger charge is -2.32. The number of carbonyl (C=O) groups excluding carboxylic acids is 1. The van der Waals surface area contributed by atoms with Gasteiger partial charge in [0.25, 0.3) is 0 Å². The minimum atomic E-state index is -1.13. The van der Waals surface area contributed by atoms with Crippen LogP contribution in [0.5, 0.6) is 5.75 Å². The summed E-state index contributed by atoms with van der Waals surface area (Å²) in [5.41, 5.74) is 3.66. The second-order valence-corrected chi connectivity index (χ2v) is 9.30. The van der Waals surface area contributed by atoms with Gasteiger partial charge in [-0.15, -0.1) is 0 Å². The molecule has 4 heteroatoms. The highest BCUT2D eigenvalue weighted by atomic mass is 16.6. The molecule has 2 bridgehead atoms. The van der Waals surface area contributed by atoms with Crippen LogP contribution < -0.4 is 0 Å². The van der Waals surface area contributed by atoms with Crippen molar-refractivity contribution in [2.75, 3.05) is 0 Å². The maximum atomic E-state index is 13.0. The van der Waals surface area contributed by atoms with E-state index in [0.29, 0.717) is 30.4 Å². The molecule has 2 N–H and O–H groups in total. The smallest absolute Gasteiger partial charge is 0.338 e. The summed E-state index contributed by atoms with van der Waals surface area (Å²) < 4.78 is 5.86. The largest absolute Gasteiger partial charge is 0.508 e. The fraction of sp³-hybridized carbons (Fsp3) is 0.519. The lowest BCUT2D eigenvalue weighted by atomic mass is 9.88. The molecule has 0 fully saturated rings. The summed E-state index contributed by atoms with van der Waals surface area (Å²) in [6, 6.07) is 4.82. The molecule has 1 heterocycles. The highest BCUT2D eigenvalue weighted by Crippen LogP contribution is 2.28. The van der Waals surface area contributed by atoms with E-state index in [2.05, 4.69) is 32.1 Å². The standard InChI is InChI=1S/C27H38O4/c1-19(2)8-7-17-27(5,30)25-16-12-21(4)10-6-9-20(3)11-13-22-18-23(26(29)31-25)14-15-24(22)28/h8,10-11,14-15,18,25,28,30H,6-7,9,12-13,16-17H2,1-5H3/b20-11+,21-10-/t25-,27+/m0/s1. The van der Waals surface area contributed by atoms with Gasteiger partial charge in [-0.1, -0.05) is 34.9 Å². The fourth-order valence-corrected chi connectivity index (χ4v) is 3.78. The Morgan fingerprint density at radius 2 is 1.90 bits per heavy atom. The van der Waals surface area contributed by atoms with Gasteiger partial charge in [-0.2, -0.15) is 0 Å². The number of aromatic hydroxyl groups is 1. The van der Waals surface area contributed by atoms with Gasteiger partial charge in [0, 0.05) is 0 Å². The van der Waals surface area contributed by atoms with E-state index in [1.165, 1.54) is 16.7 Å². The molecule has 0 amide bonds. The van der Waals surface area contributed by atoms with Crippen LogP contribution in [0.3, 0.4) is 0 Å².